The Bertz CT molecular complexity index is 495. The van der Waals surface area contributed by atoms with Crippen LogP contribution in [-0.2, 0) is 18.7 Å². The average molecular weight is 434 g/mol. The molecule has 28 heavy (non-hydrogen) atoms. The van der Waals surface area contributed by atoms with E-state index in [0.717, 1.165) is 30.8 Å². The fourth-order valence-electron chi connectivity index (χ4n) is 2.41. The van der Waals surface area contributed by atoms with Crippen molar-refractivity contribution in [3.8, 4) is 0 Å². The van der Waals surface area contributed by atoms with Crippen LogP contribution >= 0.6 is 11.8 Å². The van der Waals surface area contributed by atoms with Gasteiger partial charge in [-0.05, 0) is 36.7 Å². The minimum absolute atomic E-state index is 0.00392. The Hall–Kier alpha value is -0.733. The van der Waals surface area contributed by atoms with Crippen molar-refractivity contribution in [1.82, 2.24) is 4.90 Å². The van der Waals surface area contributed by atoms with Crippen LogP contribution < -0.4 is 0 Å². The number of esters is 1. The van der Waals surface area contributed by atoms with Gasteiger partial charge in [-0.2, -0.15) is 11.8 Å². The Labute approximate surface area is 176 Å². The maximum absolute atomic E-state index is 12.0. The first-order valence-corrected chi connectivity index (χ1v) is 14.5. The molecule has 1 aliphatic rings. The molecular formula is C20H39NO5SSi. The van der Waals surface area contributed by atoms with Gasteiger partial charge in [-0.25, -0.2) is 4.79 Å². The van der Waals surface area contributed by atoms with Crippen LogP contribution in [0.1, 0.15) is 53.4 Å². The molecule has 164 valence electrons. The standard InChI is InChI=1S/C20H39NO5SSi/c1-7-8-12-24-18(22)10-9-13-27-14-11-21-17(15-25-19(21)23)16-26-28(5,6)20(2,3)4/h17H,7-16H2,1-6H3. The number of cyclic esters (lactones) is 1. The second-order valence-corrected chi connectivity index (χ2v) is 14.8. The minimum atomic E-state index is -1.84. The molecule has 6 nitrogen and oxygen atoms in total. The van der Waals surface area contributed by atoms with Crippen molar-refractivity contribution in [3.63, 3.8) is 0 Å². The Kier molecular flexibility index (Phi) is 10.9. The zero-order valence-electron chi connectivity index (χ0n) is 18.5. The SMILES string of the molecule is CCCCOC(=O)CCCSCCN1C(=O)OCC1CO[Si](C)(C)C(C)(C)C. The fourth-order valence-corrected chi connectivity index (χ4v) is 4.33. The van der Waals surface area contributed by atoms with E-state index in [9.17, 15) is 9.59 Å². The van der Waals surface area contributed by atoms with Crippen molar-refractivity contribution in [2.75, 3.05) is 37.9 Å². The highest BCUT2D eigenvalue weighted by Gasteiger charge is 2.40. The topological polar surface area (TPSA) is 65.1 Å². The highest BCUT2D eigenvalue weighted by Crippen LogP contribution is 2.36. The van der Waals surface area contributed by atoms with Gasteiger partial charge in [-0.3, -0.25) is 9.69 Å². The van der Waals surface area contributed by atoms with Gasteiger partial charge in [-0.1, -0.05) is 34.1 Å². The molecule has 0 spiro atoms. The van der Waals surface area contributed by atoms with Crippen LogP contribution in [0.4, 0.5) is 4.79 Å². The number of thioether (sulfide) groups is 1. The summed E-state index contributed by atoms with van der Waals surface area (Å²) in [7, 11) is -1.84. The Morgan fingerprint density at radius 1 is 1.29 bits per heavy atom. The van der Waals surface area contributed by atoms with E-state index in [4.69, 9.17) is 13.9 Å². The first-order chi connectivity index (χ1) is 13.1. The van der Waals surface area contributed by atoms with E-state index in [-0.39, 0.29) is 23.1 Å². The molecule has 1 atom stereocenters. The van der Waals surface area contributed by atoms with Crippen molar-refractivity contribution in [3.05, 3.63) is 0 Å². The monoisotopic (exact) mass is 433 g/mol. The average Bonchev–Trinajstić information content (AvgIpc) is 2.95. The molecule has 1 aliphatic heterocycles. The summed E-state index contributed by atoms with van der Waals surface area (Å²) in [6.45, 7) is 15.3. The molecule has 1 rings (SSSR count). The van der Waals surface area contributed by atoms with Crippen LogP contribution in [0, 0.1) is 0 Å². The Morgan fingerprint density at radius 3 is 2.64 bits per heavy atom. The highest BCUT2D eigenvalue weighted by atomic mass is 32.2. The highest BCUT2D eigenvalue weighted by molar-refractivity contribution is 7.99. The first-order valence-electron chi connectivity index (χ1n) is 10.4. The fraction of sp³-hybridized carbons (Fsp3) is 0.900. The smallest absolute Gasteiger partial charge is 0.410 e. The number of hydrogen-bond acceptors (Lipinski definition) is 6. The molecule has 0 aromatic heterocycles. The molecule has 1 amide bonds. The summed E-state index contributed by atoms with van der Waals surface area (Å²) in [5.41, 5.74) is 0. The zero-order valence-corrected chi connectivity index (χ0v) is 20.4. The summed E-state index contributed by atoms with van der Waals surface area (Å²) < 4.78 is 16.7. The summed E-state index contributed by atoms with van der Waals surface area (Å²) in [4.78, 5) is 25.4. The lowest BCUT2D eigenvalue weighted by molar-refractivity contribution is -0.143. The van der Waals surface area contributed by atoms with Crippen LogP contribution in [0.3, 0.4) is 0 Å². The van der Waals surface area contributed by atoms with E-state index in [1.54, 1.807) is 16.7 Å². The van der Waals surface area contributed by atoms with Gasteiger partial charge in [0.1, 0.15) is 6.61 Å². The van der Waals surface area contributed by atoms with Crippen molar-refractivity contribution >= 4 is 32.1 Å². The quantitative estimate of drug-likeness (QED) is 0.239. The maximum atomic E-state index is 12.0. The van der Waals surface area contributed by atoms with E-state index < -0.39 is 8.32 Å². The second kappa shape index (κ2) is 12.1. The van der Waals surface area contributed by atoms with E-state index in [2.05, 4.69) is 40.8 Å². The molecule has 1 fully saturated rings. The molecule has 0 bridgehead atoms. The normalized spacial score (nSPS) is 17.7. The van der Waals surface area contributed by atoms with Crippen LogP contribution in [0.2, 0.25) is 18.1 Å². The van der Waals surface area contributed by atoms with Crippen molar-refractivity contribution in [2.24, 2.45) is 0 Å². The largest absolute Gasteiger partial charge is 0.466 e. The lowest BCUT2D eigenvalue weighted by Gasteiger charge is -2.37. The number of unbranched alkanes of at least 4 members (excludes halogenated alkanes) is 1. The summed E-state index contributed by atoms with van der Waals surface area (Å²) in [6, 6.07) is -0.00392. The summed E-state index contributed by atoms with van der Waals surface area (Å²) >= 11 is 1.75. The lowest BCUT2D eigenvalue weighted by atomic mass is 10.2. The number of nitrogens with zero attached hydrogens (tertiary/aromatic N) is 1. The van der Waals surface area contributed by atoms with Crippen molar-refractivity contribution < 1.29 is 23.5 Å². The second-order valence-electron chi connectivity index (χ2n) is 8.79. The van der Waals surface area contributed by atoms with E-state index in [1.165, 1.54) is 0 Å². The molecule has 0 N–H and O–H groups in total. The van der Waals surface area contributed by atoms with Gasteiger partial charge in [0.15, 0.2) is 8.32 Å². The molecule has 0 radical (unpaired) electrons. The summed E-state index contributed by atoms with van der Waals surface area (Å²) in [5.74, 6) is 1.60. The van der Waals surface area contributed by atoms with Gasteiger partial charge in [-0.15, -0.1) is 0 Å². The number of ether oxygens (including phenoxy) is 2. The van der Waals surface area contributed by atoms with Crippen LogP contribution in [0.25, 0.3) is 0 Å². The van der Waals surface area contributed by atoms with Gasteiger partial charge < -0.3 is 13.9 Å². The molecule has 8 heteroatoms. The third-order valence-electron chi connectivity index (χ3n) is 5.42. The Balaban J connectivity index is 2.25. The molecule has 0 aromatic carbocycles. The number of carbonyl (C=O) groups is 2. The number of carbonyl (C=O) groups excluding carboxylic acids is 2. The minimum Gasteiger partial charge on any atom is -0.466 e. The predicted molar refractivity (Wildman–Crippen MR) is 117 cm³/mol. The third kappa shape index (κ3) is 8.74. The summed E-state index contributed by atoms with van der Waals surface area (Å²) in [6.07, 6.45) is 2.98. The van der Waals surface area contributed by atoms with Crippen LogP contribution in [0.15, 0.2) is 0 Å². The summed E-state index contributed by atoms with van der Waals surface area (Å²) in [5, 5.41) is 0.148. The van der Waals surface area contributed by atoms with E-state index >= 15 is 0 Å². The molecule has 0 aromatic rings. The van der Waals surface area contributed by atoms with Crippen molar-refractivity contribution in [2.45, 2.75) is 77.6 Å². The van der Waals surface area contributed by atoms with Crippen LogP contribution in [0.5, 0.6) is 0 Å². The molecule has 0 saturated carbocycles. The zero-order chi connectivity index (χ0) is 21.2. The molecule has 1 unspecified atom stereocenters. The van der Waals surface area contributed by atoms with E-state index in [1.807, 2.05) is 0 Å². The van der Waals surface area contributed by atoms with Gasteiger partial charge >= 0.3 is 12.1 Å². The third-order valence-corrected chi connectivity index (χ3v) is 11.0. The molecular weight excluding hydrogens is 394 g/mol. The Morgan fingerprint density at radius 2 is 2.00 bits per heavy atom. The van der Waals surface area contributed by atoms with Gasteiger partial charge in [0.2, 0.25) is 0 Å². The van der Waals surface area contributed by atoms with Gasteiger partial charge in [0, 0.05) is 18.7 Å². The lowest BCUT2D eigenvalue weighted by Crippen LogP contribution is -2.46. The first kappa shape index (κ1) is 25.3. The number of hydrogen-bond donors (Lipinski definition) is 0. The molecule has 0 aliphatic carbocycles. The number of amides is 1. The van der Waals surface area contributed by atoms with Gasteiger partial charge in [0.25, 0.3) is 0 Å². The molecule has 1 saturated heterocycles. The van der Waals surface area contributed by atoms with Crippen LogP contribution in [-0.4, -0.2) is 69.2 Å². The maximum Gasteiger partial charge on any atom is 0.410 e. The van der Waals surface area contributed by atoms with Gasteiger partial charge in [0.05, 0.1) is 19.3 Å². The molecule has 1 heterocycles. The number of rotatable bonds is 13. The van der Waals surface area contributed by atoms with Crippen molar-refractivity contribution in [1.29, 1.82) is 0 Å². The predicted octanol–water partition coefficient (Wildman–Crippen LogP) is 4.69. The van der Waals surface area contributed by atoms with E-state index in [0.29, 0.717) is 32.8 Å².